The van der Waals surface area contributed by atoms with Crippen LogP contribution in [0.3, 0.4) is 0 Å². The van der Waals surface area contributed by atoms with E-state index >= 15 is 0 Å². The maximum atomic E-state index is 6.05. The molecule has 2 nitrogen and oxygen atoms in total. The molecule has 0 bridgehead atoms. The summed E-state index contributed by atoms with van der Waals surface area (Å²) in [5, 5.41) is 0. The monoisotopic (exact) mass is 255 g/mol. The van der Waals surface area contributed by atoms with Crippen LogP contribution in [0.1, 0.15) is 27.9 Å². The Morgan fingerprint density at radius 2 is 2.00 bits per heavy atom. The standard InChI is InChI=1S/C17H21NO/c1-11-5-6-17-15(7-11)8-16(19-17)10-18-9-12(2)13(3)14(18)4/h5-7,9,16H,8,10H2,1-4H3. The van der Waals surface area contributed by atoms with Crippen molar-refractivity contribution in [3.05, 3.63) is 52.3 Å². The van der Waals surface area contributed by atoms with E-state index in [1.54, 1.807) is 0 Å². The third-order valence-electron chi connectivity index (χ3n) is 4.27. The van der Waals surface area contributed by atoms with Gasteiger partial charge in [-0.2, -0.15) is 0 Å². The first kappa shape index (κ1) is 12.3. The van der Waals surface area contributed by atoms with Gasteiger partial charge in [-0.05, 0) is 50.5 Å². The van der Waals surface area contributed by atoms with E-state index in [1.165, 1.54) is 27.9 Å². The summed E-state index contributed by atoms with van der Waals surface area (Å²) >= 11 is 0. The van der Waals surface area contributed by atoms with Crippen LogP contribution in [0.15, 0.2) is 24.4 Å². The van der Waals surface area contributed by atoms with Gasteiger partial charge in [0.2, 0.25) is 0 Å². The van der Waals surface area contributed by atoms with Gasteiger partial charge >= 0.3 is 0 Å². The summed E-state index contributed by atoms with van der Waals surface area (Å²) in [4.78, 5) is 0. The zero-order valence-electron chi connectivity index (χ0n) is 12.2. The summed E-state index contributed by atoms with van der Waals surface area (Å²) in [6, 6.07) is 6.47. The fourth-order valence-corrected chi connectivity index (χ4v) is 2.89. The molecule has 0 radical (unpaired) electrons. The van der Waals surface area contributed by atoms with Crippen molar-refractivity contribution in [1.82, 2.24) is 4.57 Å². The van der Waals surface area contributed by atoms with Gasteiger partial charge in [0.25, 0.3) is 0 Å². The molecule has 2 aromatic rings. The Bertz CT molecular complexity index is 624. The number of hydrogen-bond acceptors (Lipinski definition) is 1. The average molecular weight is 255 g/mol. The fraction of sp³-hybridized carbons (Fsp3) is 0.412. The van der Waals surface area contributed by atoms with Crippen LogP contribution in [0, 0.1) is 27.7 Å². The van der Waals surface area contributed by atoms with Crippen LogP contribution >= 0.6 is 0 Å². The predicted molar refractivity (Wildman–Crippen MR) is 77.9 cm³/mol. The number of aromatic nitrogens is 1. The van der Waals surface area contributed by atoms with Crippen molar-refractivity contribution in [3.63, 3.8) is 0 Å². The van der Waals surface area contributed by atoms with Crippen molar-refractivity contribution < 1.29 is 4.74 Å². The lowest BCUT2D eigenvalue weighted by Crippen LogP contribution is -2.21. The Morgan fingerprint density at radius 3 is 2.68 bits per heavy atom. The van der Waals surface area contributed by atoms with Gasteiger partial charge < -0.3 is 9.30 Å². The molecular formula is C17H21NO. The van der Waals surface area contributed by atoms with Crippen molar-refractivity contribution in [2.45, 2.75) is 46.8 Å². The molecule has 0 fully saturated rings. The number of fused-ring (bicyclic) bond motifs is 1. The van der Waals surface area contributed by atoms with Crippen molar-refractivity contribution in [2.75, 3.05) is 0 Å². The SMILES string of the molecule is Cc1ccc2c(c1)CC(Cn1cc(C)c(C)c1C)O2. The summed E-state index contributed by atoms with van der Waals surface area (Å²) in [5.41, 5.74) is 6.78. The fourth-order valence-electron chi connectivity index (χ4n) is 2.89. The van der Waals surface area contributed by atoms with Crippen LogP contribution in [0.5, 0.6) is 5.75 Å². The van der Waals surface area contributed by atoms with E-state index in [9.17, 15) is 0 Å². The van der Waals surface area contributed by atoms with E-state index in [0.717, 1.165) is 18.7 Å². The highest BCUT2D eigenvalue weighted by Crippen LogP contribution is 2.30. The van der Waals surface area contributed by atoms with Crippen LogP contribution in [0.4, 0.5) is 0 Å². The minimum absolute atomic E-state index is 0.265. The normalized spacial score (nSPS) is 17.4. The Kier molecular flexibility index (Phi) is 2.89. The average Bonchev–Trinajstić information content (AvgIpc) is 2.86. The molecule has 0 saturated heterocycles. The number of nitrogens with zero attached hydrogens (tertiary/aromatic N) is 1. The Hall–Kier alpha value is -1.70. The van der Waals surface area contributed by atoms with Gasteiger partial charge in [0.05, 0.1) is 6.54 Å². The Labute approximate surface area is 115 Å². The molecule has 1 aliphatic heterocycles. The first-order valence-electron chi connectivity index (χ1n) is 6.93. The number of rotatable bonds is 2. The lowest BCUT2D eigenvalue weighted by Gasteiger charge is -2.13. The minimum atomic E-state index is 0.265. The van der Waals surface area contributed by atoms with Crippen LogP contribution < -0.4 is 4.74 Å². The predicted octanol–water partition coefficient (Wildman–Crippen LogP) is 3.73. The lowest BCUT2D eigenvalue weighted by atomic mass is 10.1. The topological polar surface area (TPSA) is 14.2 Å². The molecule has 2 heterocycles. The van der Waals surface area contributed by atoms with Crippen LogP contribution in [-0.2, 0) is 13.0 Å². The number of aryl methyl sites for hydroxylation is 2. The van der Waals surface area contributed by atoms with Gasteiger partial charge in [-0.15, -0.1) is 0 Å². The summed E-state index contributed by atoms with van der Waals surface area (Å²) in [5.74, 6) is 1.06. The molecular weight excluding hydrogens is 234 g/mol. The molecule has 1 aromatic heterocycles. The first-order chi connectivity index (χ1) is 9.04. The van der Waals surface area contributed by atoms with E-state index in [2.05, 4.69) is 56.7 Å². The van der Waals surface area contributed by atoms with Gasteiger partial charge in [-0.25, -0.2) is 0 Å². The van der Waals surface area contributed by atoms with Crippen LogP contribution in [0.2, 0.25) is 0 Å². The zero-order chi connectivity index (χ0) is 13.6. The lowest BCUT2D eigenvalue weighted by molar-refractivity contribution is 0.208. The Balaban J connectivity index is 1.78. The first-order valence-corrected chi connectivity index (χ1v) is 6.93. The zero-order valence-corrected chi connectivity index (χ0v) is 12.2. The highest BCUT2D eigenvalue weighted by atomic mass is 16.5. The molecule has 2 heteroatoms. The second kappa shape index (κ2) is 4.44. The molecule has 0 spiro atoms. The second-order valence-corrected chi connectivity index (χ2v) is 5.73. The summed E-state index contributed by atoms with van der Waals surface area (Å²) < 4.78 is 8.38. The molecule has 100 valence electrons. The summed E-state index contributed by atoms with van der Waals surface area (Å²) in [6.45, 7) is 9.63. The molecule has 1 aliphatic rings. The van der Waals surface area contributed by atoms with E-state index < -0.39 is 0 Å². The van der Waals surface area contributed by atoms with Gasteiger partial charge in [-0.3, -0.25) is 0 Å². The van der Waals surface area contributed by atoms with E-state index in [-0.39, 0.29) is 6.10 Å². The molecule has 1 atom stereocenters. The molecule has 0 aliphatic carbocycles. The van der Waals surface area contributed by atoms with Gasteiger partial charge in [0.15, 0.2) is 0 Å². The maximum Gasteiger partial charge on any atom is 0.123 e. The highest BCUT2D eigenvalue weighted by Gasteiger charge is 2.23. The molecule has 0 saturated carbocycles. The van der Waals surface area contributed by atoms with E-state index in [1.807, 2.05) is 0 Å². The van der Waals surface area contributed by atoms with Gasteiger partial charge in [0, 0.05) is 18.3 Å². The third-order valence-corrected chi connectivity index (χ3v) is 4.27. The van der Waals surface area contributed by atoms with Crippen molar-refractivity contribution in [2.24, 2.45) is 0 Å². The molecule has 1 aromatic carbocycles. The highest BCUT2D eigenvalue weighted by molar-refractivity contribution is 5.40. The molecule has 0 amide bonds. The van der Waals surface area contributed by atoms with Crippen molar-refractivity contribution in [1.29, 1.82) is 0 Å². The molecule has 3 rings (SSSR count). The Morgan fingerprint density at radius 1 is 1.21 bits per heavy atom. The number of hydrogen-bond donors (Lipinski definition) is 0. The summed E-state index contributed by atoms with van der Waals surface area (Å²) in [6.07, 6.45) is 3.52. The number of benzene rings is 1. The number of ether oxygens (including phenoxy) is 1. The van der Waals surface area contributed by atoms with Gasteiger partial charge in [0.1, 0.15) is 11.9 Å². The quantitative estimate of drug-likeness (QED) is 0.797. The maximum absolute atomic E-state index is 6.05. The van der Waals surface area contributed by atoms with Crippen molar-refractivity contribution >= 4 is 0 Å². The molecule has 1 unspecified atom stereocenters. The molecule has 19 heavy (non-hydrogen) atoms. The smallest absolute Gasteiger partial charge is 0.123 e. The largest absolute Gasteiger partial charge is 0.488 e. The summed E-state index contributed by atoms with van der Waals surface area (Å²) in [7, 11) is 0. The second-order valence-electron chi connectivity index (χ2n) is 5.73. The van der Waals surface area contributed by atoms with E-state index in [4.69, 9.17) is 4.74 Å². The molecule has 0 N–H and O–H groups in total. The van der Waals surface area contributed by atoms with Crippen molar-refractivity contribution in [3.8, 4) is 5.75 Å². The van der Waals surface area contributed by atoms with E-state index in [0.29, 0.717) is 0 Å². The third kappa shape index (κ3) is 2.16. The minimum Gasteiger partial charge on any atom is -0.488 e. The van der Waals surface area contributed by atoms with Crippen LogP contribution in [-0.4, -0.2) is 10.7 Å². The van der Waals surface area contributed by atoms with Crippen LogP contribution in [0.25, 0.3) is 0 Å². The van der Waals surface area contributed by atoms with Gasteiger partial charge in [-0.1, -0.05) is 17.7 Å².